The van der Waals surface area contributed by atoms with Crippen LogP contribution >= 0.6 is 0 Å². The van der Waals surface area contributed by atoms with E-state index in [9.17, 15) is 9.59 Å². The smallest absolute Gasteiger partial charge is 0.447 e. The van der Waals surface area contributed by atoms with Gasteiger partial charge < -0.3 is 4.74 Å². The number of rotatable bonds is 3. The lowest BCUT2D eigenvalue weighted by Crippen LogP contribution is -1.99. The Labute approximate surface area is 69.5 Å². The Morgan fingerprint density at radius 1 is 1.33 bits per heavy atom. The van der Waals surface area contributed by atoms with Crippen molar-refractivity contribution in [2.24, 2.45) is 10.4 Å². The van der Waals surface area contributed by atoms with Crippen LogP contribution in [-0.4, -0.2) is 18.7 Å². The van der Waals surface area contributed by atoms with Crippen LogP contribution in [0, 0.1) is 0 Å². The Morgan fingerprint density at radius 2 is 2.00 bits per heavy atom. The van der Waals surface area contributed by atoms with Crippen molar-refractivity contribution in [2.45, 2.75) is 20.3 Å². The van der Waals surface area contributed by atoms with E-state index in [1.807, 2.05) is 0 Å². The van der Waals surface area contributed by atoms with Gasteiger partial charge in [-0.25, -0.2) is 9.59 Å². The van der Waals surface area contributed by atoms with Crippen molar-refractivity contribution in [3.63, 3.8) is 0 Å². The van der Waals surface area contributed by atoms with Gasteiger partial charge in [-0.05, 0) is 12.0 Å². The first-order valence-corrected chi connectivity index (χ1v) is 3.48. The molecule has 0 atom stereocenters. The third kappa shape index (κ3) is 5.33. The summed E-state index contributed by atoms with van der Waals surface area (Å²) in [5, 5.41) is 5.78. The maximum absolute atomic E-state index is 10.4. The highest BCUT2D eigenvalue weighted by atomic mass is 16.7. The zero-order valence-corrected chi connectivity index (χ0v) is 6.94. The fourth-order valence-corrected chi connectivity index (χ4v) is 0.316. The van der Waals surface area contributed by atoms with E-state index in [-0.39, 0.29) is 13.0 Å². The van der Waals surface area contributed by atoms with E-state index in [0.717, 1.165) is 0 Å². The summed E-state index contributed by atoms with van der Waals surface area (Å²) in [4.78, 5) is 25.0. The van der Waals surface area contributed by atoms with Gasteiger partial charge >= 0.3 is 12.1 Å². The second kappa shape index (κ2) is 6.26. The molecule has 68 valence electrons. The van der Waals surface area contributed by atoms with E-state index in [4.69, 9.17) is 0 Å². The molecule has 6 nitrogen and oxygen atoms in total. The standard InChI is InChI=1S/C6H10N2O4/c1-3-5(9)12-8-7-6(10)11-4-2/h3-4H2,1-2H3/b8-7+. The Hall–Kier alpha value is -1.46. The molecular weight excluding hydrogens is 164 g/mol. The summed E-state index contributed by atoms with van der Waals surface area (Å²) in [6.07, 6.45) is -0.691. The highest BCUT2D eigenvalue weighted by molar-refractivity contribution is 5.69. The quantitative estimate of drug-likeness (QED) is 0.479. The predicted molar refractivity (Wildman–Crippen MR) is 38.3 cm³/mol. The minimum absolute atomic E-state index is 0.182. The van der Waals surface area contributed by atoms with Crippen LogP contribution in [0.3, 0.4) is 0 Å². The highest BCUT2D eigenvalue weighted by Gasteiger charge is 1.99. The van der Waals surface area contributed by atoms with E-state index in [1.54, 1.807) is 13.8 Å². The molecule has 0 bridgehead atoms. The molecular formula is C6H10N2O4. The summed E-state index contributed by atoms with van der Waals surface area (Å²) in [6.45, 7) is 3.44. The molecule has 0 unspecified atom stereocenters. The first kappa shape index (κ1) is 10.5. The number of amides is 1. The molecule has 0 heterocycles. The Kier molecular flexibility index (Phi) is 5.50. The molecule has 0 radical (unpaired) electrons. The zero-order chi connectivity index (χ0) is 9.40. The molecule has 6 heteroatoms. The van der Waals surface area contributed by atoms with Gasteiger partial charge in [0.25, 0.3) is 0 Å². The number of hydrogen-bond acceptors (Lipinski definition) is 5. The molecule has 12 heavy (non-hydrogen) atoms. The van der Waals surface area contributed by atoms with Gasteiger partial charge in [0.15, 0.2) is 0 Å². The normalized spacial score (nSPS) is 9.83. The van der Waals surface area contributed by atoms with E-state index in [1.165, 1.54) is 0 Å². The minimum Gasteiger partial charge on any atom is -0.447 e. The average molecular weight is 174 g/mol. The van der Waals surface area contributed by atoms with Crippen LogP contribution in [0.25, 0.3) is 0 Å². The van der Waals surface area contributed by atoms with Gasteiger partial charge in [0.2, 0.25) is 0 Å². The van der Waals surface area contributed by atoms with E-state index in [2.05, 4.69) is 20.0 Å². The molecule has 0 aromatic rings. The van der Waals surface area contributed by atoms with Crippen LogP contribution in [0.15, 0.2) is 10.4 Å². The van der Waals surface area contributed by atoms with E-state index in [0.29, 0.717) is 0 Å². The summed E-state index contributed by atoms with van der Waals surface area (Å²) in [7, 11) is 0. The van der Waals surface area contributed by atoms with Crippen molar-refractivity contribution in [3.05, 3.63) is 0 Å². The lowest BCUT2D eigenvalue weighted by atomic mass is 10.5. The summed E-state index contributed by atoms with van der Waals surface area (Å²) in [5.74, 6) is -0.553. The summed E-state index contributed by atoms with van der Waals surface area (Å²) in [6, 6.07) is 0. The van der Waals surface area contributed by atoms with Gasteiger partial charge in [0.05, 0.1) is 6.61 Å². The maximum Gasteiger partial charge on any atom is 0.455 e. The molecule has 0 saturated heterocycles. The maximum atomic E-state index is 10.4. The summed E-state index contributed by atoms with van der Waals surface area (Å²) < 4.78 is 4.37. The average Bonchev–Trinajstić information content (AvgIpc) is 2.04. The van der Waals surface area contributed by atoms with Crippen LogP contribution in [0.4, 0.5) is 4.79 Å². The number of carbonyl (C=O) groups excluding carboxylic acids is 2. The van der Waals surface area contributed by atoms with Crippen molar-refractivity contribution < 1.29 is 19.2 Å². The van der Waals surface area contributed by atoms with Crippen LogP contribution in [0.5, 0.6) is 0 Å². The second-order valence-corrected chi connectivity index (χ2v) is 1.70. The van der Waals surface area contributed by atoms with Gasteiger partial charge in [-0.2, -0.15) is 0 Å². The Morgan fingerprint density at radius 3 is 2.50 bits per heavy atom. The molecule has 0 saturated carbocycles. The Balaban J connectivity index is 3.61. The van der Waals surface area contributed by atoms with Crippen LogP contribution in [-0.2, 0) is 14.4 Å². The molecule has 0 spiro atoms. The molecule has 0 N–H and O–H groups in total. The number of ether oxygens (including phenoxy) is 1. The monoisotopic (exact) mass is 174 g/mol. The highest BCUT2D eigenvalue weighted by Crippen LogP contribution is 1.89. The Bertz CT molecular complexity index is 190. The number of carbonyl (C=O) groups is 2. The predicted octanol–water partition coefficient (Wildman–Crippen LogP) is 1.46. The van der Waals surface area contributed by atoms with Crippen LogP contribution in [0.2, 0.25) is 0 Å². The first-order valence-electron chi connectivity index (χ1n) is 3.48. The summed E-state index contributed by atoms with van der Waals surface area (Å²) in [5.41, 5.74) is 0. The molecule has 0 aliphatic rings. The molecule has 0 aromatic heterocycles. The van der Waals surface area contributed by atoms with Crippen LogP contribution < -0.4 is 0 Å². The number of nitrogens with zero attached hydrogens (tertiary/aromatic N) is 2. The van der Waals surface area contributed by atoms with Crippen molar-refractivity contribution in [1.29, 1.82) is 0 Å². The largest absolute Gasteiger partial charge is 0.455 e. The lowest BCUT2D eigenvalue weighted by molar-refractivity contribution is -0.144. The minimum atomic E-state index is -0.874. The SMILES string of the molecule is CCOC(=O)/N=N/OC(=O)CC. The fourth-order valence-electron chi connectivity index (χ4n) is 0.316. The van der Waals surface area contributed by atoms with Gasteiger partial charge in [0.1, 0.15) is 0 Å². The third-order valence-electron chi connectivity index (χ3n) is 0.822. The lowest BCUT2D eigenvalue weighted by Gasteiger charge is -1.92. The zero-order valence-electron chi connectivity index (χ0n) is 6.94. The molecule has 0 rings (SSSR count). The first-order chi connectivity index (χ1) is 5.70. The molecule has 0 aliphatic heterocycles. The van der Waals surface area contributed by atoms with Crippen molar-refractivity contribution in [3.8, 4) is 0 Å². The topological polar surface area (TPSA) is 77.3 Å². The number of hydrogen-bond donors (Lipinski definition) is 0. The second-order valence-electron chi connectivity index (χ2n) is 1.70. The van der Waals surface area contributed by atoms with Crippen molar-refractivity contribution in [2.75, 3.05) is 6.61 Å². The van der Waals surface area contributed by atoms with Crippen molar-refractivity contribution >= 4 is 12.1 Å². The fraction of sp³-hybridized carbons (Fsp3) is 0.667. The third-order valence-corrected chi connectivity index (χ3v) is 0.822. The molecule has 0 fully saturated rings. The molecule has 0 aromatic carbocycles. The van der Waals surface area contributed by atoms with Gasteiger partial charge in [-0.15, -0.1) is 0 Å². The van der Waals surface area contributed by atoms with Gasteiger partial charge in [0, 0.05) is 11.7 Å². The van der Waals surface area contributed by atoms with Gasteiger partial charge in [-0.1, -0.05) is 6.92 Å². The molecule has 0 aliphatic carbocycles. The van der Waals surface area contributed by atoms with E-state index < -0.39 is 12.1 Å². The van der Waals surface area contributed by atoms with Gasteiger partial charge in [-0.3, -0.25) is 4.84 Å². The molecule has 1 amide bonds. The van der Waals surface area contributed by atoms with E-state index >= 15 is 0 Å². The van der Waals surface area contributed by atoms with Crippen LogP contribution in [0.1, 0.15) is 20.3 Å². The summed E-state index contributed by atoms with van der Waals surface area (Å²) >= 11 is 0. The van der Waals surface area contributed by atoms with Crippen molar-refractivity contribution in [1.82, 2.24) is 0 Å².